The van der Waals surface area contributed by atoms with Crippen LogP contribution in [0.4, 0.5) is 0 Å². The molecule has 0 unspecified atom stereocenters. The highest BCUT2D eigenvalue weighted by atomic mass is 35.5. The first kappa shape index (κ1) is 15.9. The molecule has 1 aromatic heterocycles. The maximum atomic E-state index is 12.2. The standard InChI is InChI=1S/C12H13ClN4O2S2/c13-10-7-9(12(14)20)1-2-11(10)21(18,19)16-4-6-17-5-3-15-8-17/h1-3,5,7-8,16H,4,6H2,(H2,14,20). The normalized spacial score (nSPS) is 11.5. The van der Waals surface area contributed by atoms with Crippen LogP contribution in [0.2, 0.25) is 5.02 Å². The third-order valence-electron chi connectivity index (χ3n) is 2.73. The molecule has 0 aliphatic heterocycles. The van der Waals surface area contributed by atoms with Crippen LogP contribution in [0.3, 0.4) is 0 Å². The number of nitrogens with two attached hydrogens (primary N) is 1. The molecule has 21 heavy (non-hydrogen) atoms. The first-order valence-electron chi connectivity index (χ1n) is 5.95. The summed E-state index contributed by atoms with van der Waals surface area (Å²) in [6.45, 7) is 0.702. The molecule has 3 N–H and O–H groups in total. The van der Waals surface area contributed by atoms with Crippen LogP contribution in [0.15, 0.2) is 41.8 Å². The van der Waals surface area contributed by atoms with Gasteiger partial charge in [-0.05, 0) is 12.1 Å². The molecule has 0 bridgehead atoms. The molecule has 0 aliphatic carbocycles. The predicted molar refractivity (Wildman–Crippen MR) is 84.8 cm³/mol. The summed E-state index contributed by atoms with van der Waals surface area (Å²) in [4.78, 5) is 4.03. The third kappa shape index (κ3) is 4.01. The number of aromatic nitrogens is 2. The molecule has 112 valence electrons. The van der Waals surface area contributed by atoms with Gasteiger partial charge >= 0.3 is 0 Å². The van der Waals surface area contributed by atoms with Crippen LogP contribution in [-0.2, 0) is 16.6 Å². The molecule has 0 spiro atoms. The summed E-state index contributed by atoms with van der Waals surface area (Å²) in [6.07, 6.45) is 4.98. The second-order valence-corrected chi connectivity index (χ2v) is 6.79. The van der Waals surface area contributed by atoms with Crippen LogP contribution >= 0.6 is 23.8 Å². The van der Waals surface area contributed by atoms with Gasteiger partial charge in [0.25, 0.3) is 0 Å². The smallest absolute Gasteiger partial charge is 0.242 e. The van der Waals surface area contributed by atoms with E-state index in [2.05, 4.69) is 9.71 Å². The lowest BCUT2D eigenvalue weighted by Gasteiger charge is -2.09. The highest BCUT2D eigenvalue weighted by molar-refractivity contribution is 7.89. The maximum absolute atomic E-state index is 12.2. The van der Waals surface area contributed by atoms with E-state index in [9.17, 15) is 8.42 Å². The number of rotatable bonds is 6. The Balaban J connectivity index is 2.10. The van der Waals surface area contributed by atoms with Gasteiger partial charge in [0.2, 0.25) is 10.0 Å². The lowest BCUT2D eigenvalue weighted by atomic mass is 10.2. The number of imidazole rings is 1. The van der Waals surface area contributed by atoms with E-state index in [1.54, 1.807) is 23.3 Å². The lowest BCUT2D eigenvalue weighted by molar-refractivity contribution is 0.573. The van der Waals surface area contributed by atoms with E-state index in [1.807, 2.05) is 0 Å². The third-order valence-corrected chi connectivity index (χ3v) is 4.91. The highest BCUT2D eigenvalue weighted by Crippen LogP contribution is 2.22. The molecule has 0 aliphatic rings. The number of thiocarbonyl (C=S) groups is 1. The first-order chi connectivity index (χ1) is 9.90. The topological polar surface area (TPSA) is 90.0 Å². The Morgan fingerprint density at radius 1 is 1.48 bits per heavy atom. The van der Waals surface area contributed by atoms with Gasteiger partial charge in [0.05, 0.1) is 11.3 Å². The van der Waals surface area contributed by atoms with Crippen molar-refractivity contribution in [3.05, 3.63) is 47.5 Å². The number of hydrogen-bond donors (Lipinski definition) is 2. The summed E-state index contributed by atoms with van der Waals surface area (Å²) in [5.74, 6) is 0. The van der Waals surface area contributed by atoms with E-state index in [4.69, 9.17) is 29.6 Å². The van der Waals surface area contributed by atoms with Gasteiger partial charge in [0.15, 0.2) is 0 Å². The van der Waals surface area contributed by atoms with Gasteiger partial charge in [-0.3, -0.25) is 0 Å². The maximum Gasteiger partial charge on any atom is 0.242 e. The minimum atomic E-state index is -3.69. The summed E-state index contributed by atoms with van der Waals surface area (Å²) in [6, 6.07) is 4.35. The van der Waals surface area contributed by atoms with Crippen molar-refractivity contribution < 1.29 is 8.42 Å². The summed E-state index contributed by atoms with van der Waals surface area (Å²) < 4.78 is 28.6. The quantitative estimate of drug-likeness (QED) is 0.767. The molecule has 2 aromatic rings. The minimum Gasteiger partial charge on any atom is -0.389 e. The van der Waals surface area contributed by atoms with Crippen molar-refractivity contribution in [1.29, 1.82) is 0 Å². The molecule has 0 amide bonds. The molecule has 2 rings (SSSR count). The molecule has 0 saturated heterocycles. The minimum absolute atomic E-state index is 0.00482. The zero-order valence-electron chi connectivity index (χ0n) is 10.9. The largest absolute Gasteiger partial charge is 0.389 e. The van der Waals surface area contributed by atoms with Crippen molar-refractivity contribution in [3.63, 3.8) is 0 Å². The Kier molecular flexibility index (Phi) is 4.94. The van der Waals surface area contributed by atoms with Crippen molar-refractivity contribution >= 4 is 38.8 Å². The van der Waals surface area contributed by atoms with Gasteiger partial charge in [0.1, 0.15) is 9.88 Å². The molecule has 0 radical (unpaired) electrons. The van der Waals surface area contributed by atoms with Crippen LogP contribution in [0, 0.1) is 0 Å². The number of sulfonamides is 1. The number of nitrogens with one attached hydrogen (secondary N) is 1. The number of halogens is 1. The fraction of sp³-hybridized carbons (Fsp3) is 0.167. The van der Waals surface area contributed by atoms with E-state index in [1.165, 1.54) is 18.2 Å². The van der Waals surface area contributed by atoms with Gasteiger partial charge in [0, 0.05) is 31.0 Å². The zero-order valence-corrected chi connectivity index (χ0v) is 13.2. The van der Waals surface area contributed by atoms with E-state index >= 15 is 0 Å². The molecule has 6 nitrogen and oxygen atoms in total. The summed E-state index contributed by atoms with van der Waals surface area (Å²) in [5, 5.41) is 0.0791. The summed E-state index contributed by atoms with van der Waals surface area (Å²) in [7, 11) is -3.69. The van der Waals surface area contributed by atoms with Gasteiger partial charge in [-0.2, -0.15) is 0 Å². The van der Waals surface area contributed by atoms with Gasteiger partial charge < -0.3 is 10.3 Å². The van der Waals surface area contributed by atoms with Crippen LogP contribution in [0.5, 0.6) is 0 Å². The Labute approximate surface area is 133 Å². The van der Waals surface area contributed by atoms with Crippen LogP contribution in [0.1, 0.15) is 5.56 Å². The summed E-state index contributed by atoms with van der Waals surface area (Å²) in [5.41, 5.74) is 6.00. The SMILES string of the molecule is NC(=S)c1ccc(S(=O)(=O)NCCn2ccnc2)c(Cl)c1. The van der Waals surface area contributed by atoms with Crippen molar-refractivity contribution in [2.75, 3.05) is 6.54 Å². The highest BCUT2D eigenvalue weighted by Gasteiger charge is 2.18. The van der Waals surface area contributed by atoms with Crippen LogP contribution < -0.4 is 10.5 Å². The average molecular weight is 345 g/mol. The number of nitrogens with zero attached hydrogens (tertiary/aromatic N) is 2. The fourth-order valence-corrected chi connectivity index (χ4v) is 3.37. The van der Waals surface area contributed by atoms with E-state index in [0.717, 1.165) is 0 Å². The Morgan fingerprint density at radius 3 is 2.81 bits per heavy atom. The van der Waals surface area contributed by atoms with Crippen molar-refractivity contribution in [1.82, 2.24) is 14.3 Å². The van der Waals surface area contributed by atoms with Gasteiger partial charge in [-0.1, -0.05) is 29.9 Å². The second kappa shape index (κ2) is 6.52. The number of benzene rings is 1. The van der Waals surface area contributed by atoms with E-state index in [-0.39, 0.29) is 21.5 Å². The van der Waals surface area contributed by atoms with E-state index < -0.39 is 10.0 Å². The van der Waals surface area contributed by atoms with Crippen molar-refractivity contribution in [3.8, 4) is 0 Å². The van der Waals surface area contributed by atoms with Crippen molar-refractivity contribution in [2.24, 2.45) is 5.73 Å². The second-order valence-electron chi connectivity index (χ2n) is 4.21. The molecule has 0 atom stereocenters. The van der Waals surface area contributed by atoms with Gasteiger partial charge in [-0.15, -0.1) is 0 Å². The first-order valence-corrected chi connectivity index (χ1v) is 8.22. The molecule has 1 aromatic carbocycles. The monoisotopic (exact) mass is 344 g/mol. The van der Waals surface area contributed by atoms with Crippen LogP contribution in [-0.4, -0.2) is 29.5 Å². The Hall–Kier alpha value is -1.48. The predicted octanol–water partition coefficient (Wildman–Crippen LogP) is 1.15. The van der Waals surface area contributed by atoms with Gasteiger partial charge in [-0.25, -0.2) is 18.1 Å². The number of hydrogen-bond acceptors (Lipinski definition) is 4. The van der Waals surface area contributed by atoms with Crippen molar-refractivity contribution in [2.45, 2.75) is 11.4 Å². The van der Waals surface area contributed by atoms with E-state index in [0.29, 0.717) is 12.1 Å². The molecule has 1 heterocycles. The molecule has 9 heteroatoms. The fourth-order valence-electron chi connectivity index (χ4n) is 1.68. The molecule has 0 fully saturated rings. The molecular formula is C12H13ClN4O2S2. The Bertz CT molecular complexity index is 745. The average Bonchev–Trinajstić information content (AvgIpc) is 2.91. The molecule has 0 saturated carbocycles. The lowest BCUT2D eigenvalue weighted by Crippen LogP contribution is -2.27. The molecular weight excluding hydrogens is 332 g/mol. The zero-order chi connectivity index (χ0) is 15.5. The Morgan fingerprint density at radius 2 is 2.24 bits per heavy atom. The van der Waals surface area contributed by atoms with Crippen LogP contribution in [0.25, 0.3) is 0 Å². The summed E-state index contributed by atoms with van der Waals surface area (Å²) >= 11 is 10.8.